The van der Waals surface area contributed by atoms with Gasteiger partial charge in [0.1, 0.15) is 5.15 Å². The Morgan fingerprint density at radius 1 is 1.20 bits per heavy atom. The Labute approximate surface area is 151 Å². The quantitative estimate of drug-likeness (QED) is 0.666. The minimum absolute atomic E-state index is 0.193. The maximum Gasteiger partial charge on any atom is 0.338 e. The van der Waals surface area contributed by atoms with Crippen LogP contribution in [0.3, 0.4) is 0 Å². The molecule has 0 bridgehead atoms. The van der Waals surface area contributed by atoms with E-state index in [1.54, 1.807) is 30.3 Å². The van der Waals surface area contributed by atoms with Crippen LogP contribution in [0.4, 0.5) is 0 Å². The first-order chi connectivity index (χ1) is 12.0. The lowest BCUT2D eigenvalue weighted by atomic mass is 9.87. The molecular formula is C19H21ClN2O3. The summed E-state index contributed by atoms with van der Waals surface area (Å²) < 4.78 is 5.13. The van der Waals surface area contributed by atoms with Gasteiger partial charge in [-0.3, -0.25) is 4.79 Å². The molecule has 0 radical (unpaired) electrons. The summed E-state index contributed by atoms with van der Waals surface area (Å²) in [6, 6.07) is 8.66. The number of esters is 1. The van der Waals surface area contributed by atoms with Crippen molar-refractivity contribution in [3.05, 3.63) is 41.0 Å². The van der Waals surface area contributed by atoms with Gasteiger partial charge in [0.2, 0.25) is 0 Å². The second-order valence-corrected chi connectivity index (χ2v) is 7.03. The van der Waals surface area contributed by atoms with Gasteiger partial charge in [0.05, 0.1) is 11.1 Å². The normalized spacial score (nSPS) is 20.2. The third-order valence-electron chi connectivity index (χ3n) is 4.61. The van der Waals surface area contributed by atoms with Gasteiger partial charge in [-0.2, -0.15) is 0 Å². The van der Waals surface area contributed by atoms with E-state index in [1.807, 2.05) is 0 Å². The van der Waals surface area contributed by atoms with Gasteiger partial charge >= 0.3 is 5.97 Å². The molecule has 1 aliphatic carbocycles. The number of hydrogen-bond donors (Lipinski definition) is 1. The number of nitrogens with one attached hydrogen (secondary N) is 1. The molecule has 6 heteroatoms. The minimum Gasteiger partial charge on any atom is -0.452 e. The number of aromatic nitrogens is 1. The van der Waals surface area contributed by atoms with E-state index < -0.39 is 5.97 Å². The fourth-order valence-electron chi connectivity index (χ4n) is 3.12. The van der Waals surface area contributed by atoms with Gasteiger partial charge in [0.25, 0.3) is 5.91 Å². The standard InChI is InChI=1S/C19H21ClN2O3/c1-12-2-6-15(7-3-12)21-18(23)11-25-19(24)14-4-8-16-13(10-14)5-9-17(20)22-16/h4-5,8-10,12,15H,2-3,6-7,11H2,1H3,(H,21,23). The Morgan fingerprint density at radius 2 is 1.96 bits per heavy atom. The fourth-order valence-corrected chi connectivity index (χ4v) is 3.27. The van der Waals surface area contributed by atoms with Crippen molar-refractivity contribution in [1.29, 1.82) is 0 Å². The van der Waals surface area contributed by atoms with Crippen molar-refractivity contribution >= 4 is 34.4 Å². The van der Waals surface area contributed by atoms with Crippen LogP contribution in [0.25, 0.3) is 10.9 Å². The summed E-state index contributed by atoms with van der Waals surface area (Å²) in [6.45, 7) is 1.97. The molecule has 0 atom stereocenters. The maximum absolute atomic E-state index is 12.1. The molecule has 1 aromatic carbocycles. The predicted molar refractivity (Wildman–Crippen MR) is 96.6 cm³/mol. The lowest BCUT2D eigenvalue weighted by Gasteiger charge is -2.26. The number of hydrogen-bond acceptors (Lipinski definition) is 4. The molecule has 0 unspecified atom stereocenters. The summed E-state index contributed by atoms with van der Waals surface area (Å²) in [6.07, 6.45) is 4.22. The number of rotatable bonds is 4. The highest BCUT2D eigenvalue weighted by atomic mass is 35.5. The highest BCUT2D eigenvalue weighted by Crippen LogP contribution is 2.23. The van der Waals surface area contributed by atoms with E-state index in [1.165, 1.54) is 0 Å². The van der Waals surface area contributed by atoms with Crippen LogP contribution in [0.15, 0.2) is 30.3 Å². The van der Waals surface area contributed by atoms with E-state index in [9.17, 15) is 9.59 Å². The first-order valence-corrected chi connectivity index (χ1v) is 8.92. The predicted octanol–water partition coefficient (Wildman–Crippen LogP) is 3.74. The van der Waals surface area contributed by atoms with Crippen LogP contribution < -0.4 is 5.32 Å². The van der Waals surface area contributed by atoms with Crippen LogP contribution in [-0.2, 0) is 9.53 Å². The summed E-state index contributed by atoms with van der Waals surface area (Å²) in [4.78, 5) is 28.3. The van der Waals surface area contributed by atoms with Crippen molar-refractivity contribution in [1.82, 2.24) is 10.3 Å². The van der Waals surface area contributed by atoms with Crippen molar-refractivity contribution in [2.24, 2.45) is 5.92 Å². The molecule has 1 N–H and O–H groups in total. The second-order valence-electron chi connectivity index (χ2n) is 6.64. The van der Waals surface area contributed by atoms with E-state index in [4.69, 9.17) is 16.3 Å². The number of carbonyl (C=O) groups is 2. The number of carbonyl (C=O) groups excluding carboxylic acids is 2. The van der Waals surface area contributed by atoms with Crippen LogP contribution in [0, 0.1) is 5.92 Å². The minimum atomic E-state index is -0.524. The summed E-state index contributed by atoms with van der Waals surface area (Å²) in [5.74, 6) is -0.0466. The van der Waals surface area contributed by atoms with E-state index >= 15 is 0 Å². The van der Waals surface area contributed by atoms with Gasteiger partial charge in [0, 0.05) is 11.4 Å². The summed E-state index contributed by atoms with van der Waals surface area (Å²) in [5.41, 5.74) is 1.09. The lowest BCUT2D eigenvalue weighted by molar-refractivity contribution is -0.125. The highest BCUT2D eigenvalue weighted by Gasteiger charge is 2.20. The van der Waals surface area contributed by atoms with Crippen molar-refractivity contribution in [3.8, 4) is 0 Å². The van der Waals surface area contributed by atoms with E-state index in [0.717, 1.165) is 37.0 Å². The number of nitrogens with zero attached hydrogens (tertiary/aromatic N) is 1. The Hall–Kier alpha value is -2.14. The molecule has 1 saturated carbocycles. The second kappa shape index (κ2) is 7.83. The molecule has 1 heterocycles. The number of benzene rings is 1. The average molecular weight is 361 g/mol. The third kappa shape index (κ3) is 4.69. The number of pyridine rings is 1. The topological polar surface area (TPSA) is 68.3 Å². The average Bonchev–Trinajstić information content (AvgIpc) is 2.61. The Bertz CT molecular complexity index is 785. The zero-order valence-electron chi connectivity index (χ0n) is 14.1. The maximum atomic E-state index is 12.1. The molecular weight excluding hydrogens is 340 g/mol. The van der Waals surface area contributed by atoms with Crippen LogP contribution in [-0.4, -0.2) is 29.5 Å². The monoisotopic (exact) mass is 360 g/mol. The highest BCUT2D eigenvalue weighted by molar-refractivity contribution is 6.29. The molecule has 5 nitrogen and oxygen atoms in total. The van der Waals surface area contributed by atoms with Gasteiger partial charge in [-0.25, -0.2) is 9.78 Å². The largest absolute Gasteiger partial charge is 0.452 e. The summed E-state index contributed by atoms with van der Waals surface area (Å²) >= 11 is 5.85. The molecule has 1 amide bonds. The molecule has 1 aliphatic rings. The molecule has 2 aromatic rings. The van der Waals surface area contributed by atoms with Crippen molar-refractivity contribution in [2.45, 2.75) is 38.6 Å². The van der Waals surface area contributed by atoms with Gasteiger partial charge in [-0.1, -0.05) is 18.5 Å². The molecule has 0 spiro atoms. The molecule has 0 saturated heterocycles. The van der Waals surface area contributed by atoms with E-state index in [2.05, 4.69) is 17.2 Å². The van der Waals surface area contributed by atoms with Crippen LogP contribution >= 0.6 is 11.6 Å². The van der Waals surface area contributed by atoms with Crippen LogP contribution in [0.1, 0.15) is 43.0 Å². The number of halogens is 1. The molecule has 0 aliphatic heterocycles. The first kappa shape index (κ1) is 17.7. The van der Waals surface area contributed by atoms with Crippen molar-refractivity contribution in [2.75, 3.05) is 6.61 Å². The van der Waals surface area contributed by atoms with Crippen LogP contribution in [0.2, 0.25) is 5.15 Å². The van der Waals surface area contributed by atoms with E-state index in [-0.39, 0.29) is 18.6 Å². The van der Waals surface area contributed by atoms with Gasteiger partial charge in [-0.05, 0) is 61.9 Å². The summed E-state index contributed by atoms with van der Waals surface area (Å²) in [7, 11) is 0. The van der Waals surface area contributed by atoms with Gasteiger partial charge in [0.15, 0.2) is 6.61 Å². The molecule has 1 aromatic heterocycles. The van der Waals surface area contributed by atoms with Crippen molar-refractivity contribution < 1.29 is 14.3 Å². The number of amides is 1. The van der Waals surface area contributed by atoms with Crippen LogP contribution in [0.5, 0.6) is 0 Å². The molecule has 3 rings (SSSR count). The lowest BCUT2D eigenvalue weighted by Crippen LogP contribution is -2.39. The number of ether oxygens (including phenoxy) is 1. The third-order valence-corrected chi connectivity index (χ3v) is 4.82. The van der Waals surface area contributed by atoms with Crippen molar-refractivity contribution in [3.63, 3.8) is 0 Å². The van der Waals surface area contributed by atoms with Gasteiger partial charge in [-0.15, -0.1) is 0 Å². The Balaban J connectivity index is 1.53. The molecule has 1 fully saturated rings. The SMILES string of the molecule is CC1CCC(NC(=O)COC(=O)c2ccc3nc(Cl)ccc3c2)CC1. The Kier molecular flexibility index (Phi) is 5.53. The fraction of sp³-hybridized carbons (Fsp3) is 0.421. The first-order valence-electron chi connectivity index (χ1n) is 8.54. The van der Waals surface area contributed by atoms with E-state index in [0.29, 0.717) is 16.2 Å². The molecule has 25 heavy (non-hydrogen) atoms. The number of fused-ring (bicyclic) bond motifs is 1. The van der Waals surface area contributed by atoms with Gasteiger partial charge < -0.3 is 10.1 Å². The summed E-state index contributed by atoms with van der Waals surface area (Å²) in [5, 5.41) is 4.13. The smallest absolute Gasteiger partial charge is 0.338 e. The molecule has 132 valence electrons. The zero-order chi connectivity index (χ0) is 17.8. The zero-order valence-corrected chi connectivity index (χ0v) is 14.9. The Morgan fingerprint density at radius 3 is 2.72 bits per heavy atom.